The predicted molar refractivity (Wildman–Crippen MR) is 57.9 cm³/mol. The molecule has 0 aliphatic rings. The van der Waals surface area contributed by atoms with Crippen molar-refractivity contribution in [3.05, 3.63) is 0 Å². The molecule has 0 aromatic carbocycles. The number of phosphoric ester groups is 1. The lowest BCUT2D eigenvalue weighted by Crippen LogP contribution is -2.27. The number of alkyl halides is 1. The summed E-state index contributed by atoms with van der Waals surface area (Å²) in [5, 5.41) is 9.68. The molecule has 0 amide bonds. The Morgan fingerprint density at radius 1 is 1.31 bits per heavy atom. The van der Waals surface area contributed by atoms with Crippen LogP contribution in [0.1, 0.15) is 13.3 Å². The van der Waals surface area contributed by atoms with Crippen molar-refractivity contribution in [1.82, 2.24) is 0 Å². The van der Waals surface area contributed by atoms with E-state index in [-0.39, 0.29) is 18.4 Å². The number of hydrogen-bond donors (Lipinski definition) is 4. The van der Waals surface area contributed by atoms with Crippen LogP contribution < -0.4 is 0 Å². The van der Waals surface area contributed by atoms with Crippen molar-refractivity contribution in [1.29, 1.82) is 0 Å². The van der Waals surface area contributed by atoms with Crippen LogP contribution in [-0.4, -0.2) is 37.3 Å². The summed E-state index contributed by atoms with van der Waals surface area (Å²) in [6, 6.07) is 0. The minimum absolute atomic E-state index is 0.00663. The Bertz CT molecular complexity index is 312. The minimum atomic E-state index is -5.08. The molecule has 0 bridgehead atoms. The maximum atomic E-state index is 10.9. The Morgan fingerprint density at radius 3 is 2.19 bits per heavy atom. The molecular formula is C5H13BrO8P2. The van der Waals surface area contributed by atoms with Crippen LogP contribution in [-0.2, 0) is 18.0 Å². The minimum Gasteiger partial charge on any atom is -0.389 e. The van der Waals surface area contributed by atoms with Crippen LogP contribution >= 0.6 is 31.6 Å². The summed E-state index contributed by atoms with van der Waals surface area (Å²) in [6.45, 7) is 1.07. The van der Waals surface area contributed by atoms with Gasteiger partial charge >= 0.3 is 15.6 Å². The van der Waals surface area contributed by atoms with Crippen LogP contribution in [0.4, 0.5) is 0 Å². The van der Waals surface area contributed by atoms with E-state index in [1.165, 1.54) is 6.92 Å². The van der Waals surface area contributed by atoms with Gasteiger partial charge in [-0.25, -0.2) is 9.13 Å². The summed E-state index contributed by atoms with van der Waals surface area (Å²) < 4.78 is 29.0. The lowest BCUT2D eigenvalue weighted by molar-refractivity contribution is 0.0554. The number of hydrogen-bond acceptors (Lipinski definition) is 5. The molecule has 1 unspecified atom stereocenters. The fourth-order valence-corrected chi connectivity index (χ4v) is 2.47. The Balaban J connectivity index is 4.11. The van der Waals surface area contributed by atoms with Crippen LogP contribution in [0.15, 0.2) is 0 Å². The number of rotatable bonds is 7. The summed E-state index contributed by atoms with van der Waals surface area (Å²) in [6.07, 6.45) is -0.00663. The standard InChI is InChI=1S/C5H13BrO8P2/c1-5(7,4-6)2-3-13-16(11,12)14-15(8,9)10/h7H,2-4H2,1H3,(H,11,12)(H2,8,9,10)/t5-/m1/s1. The van der Waals surface area contributed by atoms with Crippen molar-refractivity contribution in [2.24, 2.45) is 0 Å². The van der Waals surface area contributed by atoms with Crippen molar-refractivity contribution >= 4 is 31.6 Å². The SMILES string of the molecule is C[C@](O)(CBr)CCOP(=O)(O)OP(=O)(O)O. The average Bonchev–Trinajstić information content (AvgIpc) is 1.98. The topological polar surface area (TPSA) is 134 Å². The van der Waals surface area contributed by atoms with Crippen LogP contribution in [0.2, 0.25) is 0 Å². The van der Waals surface area contributed by atoms with E-state index in [4.69, 9.17) is 14.7 Å². The maximum absolute atomic E-state index is 10.9. The second-order valence-electron chi connectivity index (χ2n) is 3.25. The van der Waals surface area contributed by atoms with Crippen LogP contribution in [0.3, 0.4) is 0 Å². The third kappa shape index (κ3) is 8.81. The molecule has 0 saturated heterocycles. The van der Waals surface area contributed by atoms with Gasteiger partial charge in [-0.15, -0.1) is 0 Å². The lowest BCUT2D eigenvalue weighted by Gasteiger charge is -2.20. The van der Waals surface area contributed by atoms with Gasteiger partial charge in [-0.1, -0.05) is 15.9 Å². The summed E-state index contributed by atoms with van der Waals surface area (Å²) in [4.78, 5) is 25.4. The zero-order valence-electron chi connectivity index (χ0n) is 8.32. The van der Waals surface area contributed by atoms with Gasteiger partial charge < -0.3 is 19.8 Å². The molecule has 16 heavy (non-hydrogen) atoms. The molecule has 0 aromatic heterocycles. The Labute approximate surface area is 101 Å². The van der Waals surface area contributed by atoms with Gasteiger partial charge in [-0.3, -0.25) is 4.52 Å². The van der Waals surface area contributed by atoms with E-state index in [1.807, 2.05) is 0 Å². The van der Waals surface area contributed by atoms with Gasteiger partial charge in [0.2, 0.25) is 0 Å². The quantitative estimate of drug-likeness (QED) is 0.393. The first-order chi connectivity index (χ1) is 6.97. The lowest BCUT2D eigenvalue weighted by atomic mass is 10.1. The van der Waals surface area contributed by atoms with E-state index in [9.17, 15) is 14.2 Å². The van der Waals surface area contributed by atoms with E-state index in [0.717, 1.165) is 0 Å². The van der Waals surface area contributed by atoms with Gasteiger partial charge in [0.05, 0.1) is 12.2 Å². The third-order valence-corrected chi connectivity index (χ3v) is 4.79. The summed E-state index contributed by atoms with van der Waals surface area (Å²) >= 11 is 3.01. The predicted octanol–water partition coefficient (Wildman–Crippen LogP) is 0.749. The normalized spacial score (nSPS) is 20.1. The third-order valence-electron chi connectivity index (χ3n) is 1.39. The molecule has 0 rings (SSSR count). The van der Waals surface area contributed by atoms with Crippen LogP contribution in [0.5, 0.6) is 0 Å². The van der Waals surface area contributed by atoms with Crippen molar-refractivity contribution < 1.29 is 37.8 Å². The van der Waals surface area contributed by atoms with Crippen molar-refractivity contribution in [3.8, 4) is 0 Å². The molecule has 0 saturated carbocycles. The molecule has 2 atom stereocenters. The second kappa shape index (κ2) is 6.04. The molecule has 0 fully saturated rings. The van der Waals surface area contributed by atoms with E-state index in [0.29, 0.717) is 0 Å². The maximum Gasteiger partial charge on any atom is 0.481 e. The molecule has 8 nitrogen and oxygen atoms in total. The molecule has 0 aromatic rings. The molecule has 0 heterocycles. The van der Waals surface area contributed by atoms with Gasteiger partial charge in [-0.05, 0) is 6.92 Å². The van der Waals surface area contributed by atoms with Gasteiger partial charge in [-0.2, -0.15) is 4.31 Å². The zero-order chi connectivity index (χ0) is 13.0. The Hall–Kier alpha value is 0.700. The average molecular weight is 343 g/mol. The van der Waals surface area contributed by atoms with Crippen molar-refractivity contribution in [2.75, 3.05) is 11.9 Å². The highest BCUT2D eigenvalue weighted by molar-refractivity contribution is 9.09. The first-order valence-electron chi connectivity index (χ1n) is 4.00. The van der Waals surface area contributed by atoms with E-state index in [1.54, 1.807) is 0 Å². The fraction of sp³-hybridized carbons (Fsp3) is 1.00. The molecular weight excluding hydrogens is 330 g/mol. The van der Waals surface area contributed by atoms with Gasteiger partial charge in [0.25, 0.3) is 0 Å². The molecule has 0 aliphatic heterocycles. The summed E-state index contributed by atoms with van der Waals surface area (Å²) in [5.41, 5.74) is -1.15. The summed E-state index contributed by atoms with van der Waals surface area (Å²) in [5.74, 6) is 0. The Morgan fingerprint density at radius 2 is 1.81 bits per heavy atom. The number of phosphoric acid groups is 2. The van der Waals surface area contributed by atoms with Crippen molar-refractivity contribution in [2.45, 2.75) is 18.9 Å². The molecule has 0 radical (unpaired) electrons. The van der Waals surface area contributed by atoms with Crippen LogP contribution in [0, 0.1) is 0 Å². The number of halogens is 1. The van der Waals surface area contributed by atoms with E-state index >= 15 is 0 Å². The van der Waals surface area contributed by atoms with E-state index < -0.39 is 21.2 Å². The number of aliphatic hydroxyl groups is 1. The molecule has 4 N–H and O–H groups in total. The van der Waals surface area contributed by atoms with Crippen molar-refractivity contribution in [3.63, 3.8) is 0 Å². The zero-order valence-corrected chi connectivity index (χ0v) is 11.7. The fourth-order valence-electron chi connectivity index (χ4n) is 0.606. The largest absolute Gasteiger partial charge is 0.481 e. The van der Waals surface area contributed by atoms with E-state index in [2.05, 4.69) is 24.8 Å². The molecule has 11 heteroatoms. The molecule has 98 valence electrons. The Kier molecular flexibility index (Phi) is 6.30. The first kappa shape index (κ1) is 16.7. The highest BCUT2D eigenvalue weighted by atomic mass is 79.9. The van der Waals surface area contributed by atoms with Gasteiger partial charge in [0, 0.05) is 11.8 Å². The molecule has 0 aliphatic carbocycles. The first-order valence-corrected chi connectivity index (χ1v) is 8.15. The highest BCUT2D eigenvalue weighted by Gasteiger charge is 2.32. The smallest absolute Gasteiger partial charge is 0.389 e. The highest BCUT2D eigenvalue weighted by Crippen LogP contribution is 2.57. The van der Waals surface area contributed by atoms with Gasteiger partial charge in [0.15, 0.2) is 0 Å². The van der Waals surface area contributed by atoms with Gasteiger partial charge in [0.1, 0.15) is 0 Å². The second-order valence-corrected chi connectivity index (χ2v) is 6.64. The van der Waals surface area contributed by atoms with Crippen LogP contribution in [0.25, 0.3) is 0 Å². The monoisotopic (exact) mass is 342 g/mol. The summed E-state index contributed by atoms with van der Waals surface area (Å²) in [7, 11) is -9.89. The molecule has 0 spiro atoms.